The number of rotatable bonds is 4. The zero-order valence-corrected chi connectivity index (χ0v) is 18.9. The molecule has 1 saturated heterocycles. The highest BCUT2D eigenvalue weighted by Gasteiger charge is 2.20. The molecule has 4 rings (SSSR count). The van der Waals surface area contributed by atoms with Crippen LogP contribution in [-0.4, -0.2) is 24.0 Å². The van der Waals surface area contributed by atoms with Crippen molar-refractivity contribution >= 4 is 34.8 Å². The summed E-state index contributed by atoms with van der Waals surface area (Å²) in [4.78, 5) is 17.7. The van der Waals surface area contributed by atoms with E-state index >= 15 is 0 Å². The lowest BCUT2D eigenvalue weighted by molar-refractivity contribution is 0.102. The SMILES string of the molecule is Cc1ccc(C(=O)Nc2cccnc2C2CCCCNC2)cc1-c1ccc(Cl)cc1Cl. The molecule has 6 heteroatoms. The van der Waals surface area contributed by atoms with Crippen LogP contribution in [0.2, 0.25) is 10.0 Å². The Morgan fingerprint density at radius 1 is 1.10 bits per heavy atom. The van der Waals surface area contributed by atoms with Crippen LogP contribution in [0.5, 0.6) is 0 Å². The highest BCUT2D eigenvalue weighted by molar-refractivity contribution is 6.36. The average Bonchev–Trinajstić information content (AvgIpc) is 3.04. The minimum Gasteiger partial charge on any atom is -0.320 e. The van der Waals surface area contributed by atoms with Crippen molar-refractivity contribution in [3.63, 3.8) is 0 Å². The third kappa shape index (κ3) is 5.09. The molecule has 1 aliphatic rings. The molecule has 0 radical (unpaired) electrons. The van der Waals surface area contributed by atoms with Crippen LogP contribution in [0, 0.1) is 6.92 Å². The van der Waals surface area contributed by atoms with Crippen molar-refractivity contribution in [3.8, 4) is 11.1 Å². The largest absolute Gasteiger partial charge is 0.320 e. The number of nitrogens with zero attached hydrogens (tertiary/aromatic N) is 1. The fraction of sp³-hybridized carbons (Fsp3) is 0.280. The number of carbonyl (C=O) groups excluding carboxylic acids is 1. The molecule has 0 bridgehead atoms. The van der Waals surface area contributed by atoms with Crippen molar-refractivity contribution in [3.05, 3.63) is 81.6 Å². The van der Waals surface area contributed by atoms with Gasteiger partial charge < -0.3 is 10.6 Å². The van der Waals surface area contributed by atoms with Gasteiger partial charge in [0.15, 0.2) is 0 Å². The standard InChI is InChI=1S/C25H25Cl2N3O/c1-16-7-8-17(13-21(16)20-10-9-19(26)14-22(20)27)25(31)30-23-6-4-12-29-24(23)18-5-2-3-11-28-15-18/h4,6-10,12-14,18,28H,2-3,5,11,15H2,1H3,(H,30,31). The summed E-state index contributed by atoms with van der Waals surface area (Å²) < 4.78 is 0. The summed E-state index contributed by atoms with van der Waals surface area (Å²) in [5.74, 6) is 0.127. The van der Waals surface area contributed by atoms with Crippen LogP contribution in [0.4, 0.5) is 5.69 Å². The first-order valence-electron chi connectivity index (χ1n) is 10.6. The van der Waals surface area contributed by atoms with Crippen LogP contribution in [0.1, 0.15) is 46.8 Å². The Bertz CT molecular complexity index is 1090. The van der Waals surface area contributed by atoms with Gasteiger partial charge >= 0.3 is 0 Å². The van der Waals surface area contributed by atoms with E-state index in [0.29, 0.717) is 21.5 Å². The Morgan fingerprint density at radius 3 is 2.81 bits per heavy atom. The molecule has 31 heavy (non-hydrogen) atoms. The molecule has 1 aromatic heterocycles. The lowest BCUT2D eigenvalue weighted by Crippen LogP contribution is -2.22. The van der Waals surface area contributed by atoms with Crippen LogP contribution in [-0.2, 0) is 0 Å². The van der Waals surface area contributed by atoms with Gasteiger partial charge in [-0.05, 0) is 73.8 Å². The zero-order valence-electron chi connectivity index (χ0n) is 17.4. The van der Waals surface area contributed by atoms with Gasteiger partial charge in [-0.1, -0.05) is 41.8 Å². The van der Waals surface area contributed by atoms with Crippen molar-refractivity contribution < 1.29 is 4.79 Å². The van der Waals surface area contributed by atoms with Gasteiger partial charge in [-0.2, -0.15) is 0 Å². The number of hydrogen-bond donors (Lipinski definition) is 2. The summed E-state index contributed by atoms with van der Waals surface area (Å²) in [6.45, 7) is 3.91. The predicted molar refractivity (Wildman–Crippen MR) is 128 cm³/mol. The summed E-state index contributed by atoms with van der Waals surface area (Å²) in [5, 5.41) is 7.70. The Kier molecular flexibility index (Phi) is 6.91. The second-order valence-corrected chi connectivity index (χ2v) is 8.78. The fourth-order valence-electron chi connectivity index (χ4n) is 4.06. The van der Waals surface area contributed by atoms with Crippen molar-refractivity contribution in [2.45, 2.75) is 32.1 Å². The van der Waals surface area contributed by atoms with E-state index in [-0.39, 0.29) is 5.91 Å². The first-order valence-corrected chi connectivity index (χ1v) is 11.3. The van der Waals surface area contributed by atoms with Gasteiger partial charge in [0.2, 0.25) is 0 Å². The Morgan fingerprint density at radius 2 is 1.97 bits per heavy atom. The molecular formula is C25H25Cl2N3O. The van der Waals surface area contributed by atoms with E-state index in [4.69, 9.17) is 23.2 Å². The molecule has 4 nitrogen and oxygen atoms in total. The lowest BCUT2D eigenvalue weighted by Gasteiger charge is -2.18. The number of nitrogens with one attached hydrogen (secondary N) is 2. The van der Waals surface area contributed by atoms with Crippen molar-refractivity contribution in [2.75, 3.05) is 18.4 Å². The molecule has 0 saturated carbocycles. The van der Waals surface area contributed by atoms with Gasteiger partial charge in [0.05, 0.1) is 11.4 Å². The van der Waals surface area contributed by atoms with Gasteiger partial charge in [-0.3, -0.25) is 9.78 Å². The number of anilines is 1. The maximum Gasteiger partial charge on any atom is 0.255 e. The second kappa shape index (κ2) is 9.82. The molecular weight excluding hydrogens is 429 g/mol. The molecule has 2 heterocycles. The van der Waals surface area contributed by atoms with E-state index in [1.165, 1.54) is 6.42 Å². The number of aromatic nitrogens is 1. The van der Waals surface area contributed by atoms with E-state index in [1.807, 2.05) is 43.3 Å². The first kappa shape index (κ1) is 21.8. The zero-order chi connectivity index (χ0) is 21.8. The monoisotopic (exact) mass is 453 g/mol. The van der Waals surface area contributed by atoms with Gasteiger partial charge in [-0.15, -0.1) is 0 Å². The number of halogens is 2. The third-order valence-electron chi connectivity index (χ3n) is 5.74. The molecule has 3 aromatic rings. The fourth-order valence-corrected chi connectivity index (χ4v) is 4.57. The summed E-state index contributed by atoms with van der Waals surface area (Å²) >= 11 is 12.5. The minimum absolute atomic E-state index is 0.165. The maximum atomic E-state index is 13.1. The van der Waals surface area contributed by atoms with Crippen LogP contribution >= 0.6 is 23.2 Å². The van der Waals surface area contributed by atoms with Gasteiger partial charge in [0.1, 0.15) is 0 Å². The molecule has 1 atom stereocenters. The molecule has 1 unspecified atom stereocenters. The molecule has 1 amide bonds. The molecule has 1 fully saturated rings. The van der Waals surface area contributed by atoms with E-state index in [1.54, 1.807) is 18.3 Å². The second-order valence-electron chi connectivity index (χ2n) is 7.94. The van der Waals surface area contributed by atoms with Crippen LogP contribution < -0.4 is 10.6 Å². The van der Waals surface area contributed by atoms with Gasteiger partial charge in [-0.25, -0.2) is 0 Å². The van der Waals surface area contributed by atoms with E-state index in [9.17, 15) is 4.79 Å². The minimum atomic E-state index is -0.165. The molecule has 2 N–H and O–H groups in total. The van der Waals surface area contributed by atoms with E-state index in [2.05, 4.69) is 15.6 Å². The van der Waals surface area contributed by atoms with E-state index < -0.39 is 0 Å². The number of carbonyl (C=O) groups is 1. The van der Waals surface area contributed by atoms with Crippen molar-refractivity contribution in [1.29, 1.82) is 0 Å². The summed E-state index contributed by atoms with van der Waals surface area (Å²) in [7, 11) is 0. The molecule has 1 aliphatic heterocycles. The molecule has 160 valence electrons. The number of pyridine rings is 1. The molecule has 0 aliphatic carbocycles. The number of hydrogen-bond acceptors (Lipinski definition) is 3. The van der Waals surface area contributed by atoms with Crippen LogP contribution in [0.15, 0.2) is 54.7 Å². The van der Waals surface area contributed by atoms with E-state index in [0.717, 1.165) is 54.0 Å². The number of aryl methyl sites for hydroxylation is 1. The van der Waals surface area contributed by atoms with Gasteiger partial charge in [0.25, 0.3) is 5.91 Å². The Hall–Kier alpha value is -2.40. The quantitative estimate of drug-likeness (QED) is 0.475. The lowest BCUT2D eigenvalue weighted by atomic mass is 9.96. The van der Waals surface area contributed by atoms with Crippen LogP contribution in [0.25, 0.3) is 11.1 Å². The van der Waals surface area contributed by atoms with Crippen molar-refractivity contribution in [1.82, 2.24) is 10.3 Å². The summed E-state index contributed by atoms with van der Waals surface area (Å²) in [5.41, 5.74) is 5.08. The smallest absolute Gasteiger partial charge is 0.255 e. The number of amides is 1. The predicted octanol–water partition coefficient (Wildman–Crippen LogP) is 6.47. The number of benzene rings is 2. The third-order valence-corrected chi connectivity index (χ3v) is 6.29. The molecule has 2 aromatic carbocycles. The van der Waals surface area contributed by atoms with Crippen molar-refractivity contribution in [2.24, 2.45) is 0 Å². The summed E-state index contributed by atoms with van der Waals surface area (Å²) in [6.07, 6.45) is 5.19. The highest BCUT2D eigenvalue weighted by atomic mass is 35.5. The Labute approximate surface area is 193 Å². The van der Waals surface area contributed by atoms with Gasteiger partial charge in [0, 0.05) is 39.8 Å². The topological polar surface area (TPSA) is 54.0 Å². The highest BCUT2D eigenvalue weighted by Crippen LogP contribution is 2.33. The average molecular weight is 454 g/mol. The van der Waals surface area contributed by atoms with Crippen LogP contribution in [0.3, 0.4) is 0 Å². The normalized spacial score (nSPS) is 16.5. The first-order chi connectivity index (χ1) is 15.0. The molecule has 0 spiro atoms. The Balaban J connectivity index is 1.61. The maximum absolute atomic E-state index is 13.1. The summed E-state index contributed by atoms with van der Waals surface area (Å²) in [6, 6.07) is 14.8.